The number of primary amides is 1. The van der Waals surface area contributed by atoms with E-state index in [1.165, 1.54) is 23.5 Å². The SMILES string of the molecule is Cc1ccc(-n2c(SCC(=O)Nc3ccccc3SCC(N)=O)nnc2-c2ccccc2)cc1. The van der Waals surface area contributed by atoms with Crippen LogP contribution < -0.4 is 11.1 Å². The lowest BCUT2D eigenvalue weighted by molar-refractivity contribution is -0.115. The first kappa shape index (κ1) is 23.6. The molecule has 1 heterocycles. The van der Waals surface area contributed by atoms with Crippen LogP contribution in [0.15, 0.2) is 88.9 Å². The van der Waals surface area contributed by atoms with Gasteiger partial charge >= 0.3 is 0 Å². The first-order valence-electron chi connectivity index (χ1n) is 10.5. The highest BCUT2D eigenvalue weighted by Crippen LogP contribution is 2.29. The second-order valence-corrected chi connectivity index (χ2v) is 9.39. The number of rotatable bonds is 9. The number of amides is 2. The van der Waals surface area contributed by atoms with Crippen LogP contribution in [0.5, 0.6) is 0 Å². The summed E-state index contributed by atoms with van der Waals surface area (Å²) in [6, 6.07) is 25.3. The van der Waals surface area contributed by atoms with E-state index in [1.54, 1.807) is 6.07 Å². The molecule has 0 saturated heterocycles. The van der Waals surface area contributed by atoms with Gasteiger partial charge in [-0.2, -0.15) is 0 Å². The predicted octanol–water partition coefficient (Wildman–Crippen LogP) is 4.55. The summed E-state index contributed by atoms with van der Waals surface area (Å²) in [4.78, 5) is 24.7. The molecule has 7 nitrogen and oxygen atoms in total. The highest BCUT2D eigenvalue weighted by molar-refractivity contribution is 8.00. The maximum Gasteiger partial charge on any atom is 0.234 e. The van der Waals surface area contributed by atoms with E-state index in [1.807, 2.05) is 84.3 Å². The Morgan fingerprint density at radius 1 is 0.882 bits per heavy atom. The zero-order valence-electron chi connectivity index (χ0n) is 18.5. The molecule has 0 saturated carbocycles. The molecule has 0 radical (unpaired) electrons. The molecule has 0 bridgehead atoms. The number of nitrogens with zero attached hydrogens (tertiary/aromatic N) is 3. The maximum atomic E-state index is 12.8. The number of anilines is 1. The molecular weight excluding hydrogens is 466 g/mol. The van der Waals surface area contributed by atoms with Crippen LogP contribution in [0.1, 0.15) is 5.56 Å². The van der Waals surface area contributed by atoms with Gasteiger partial charge in [-0.1, -0.05) is 71.9 Å². The van der Waals surface area contributed by atoms with Crippen LogP contribution in [-0.2, 0) is 9.59 Å². The molecule has 2 amide bonds. The van der Waals surface area contributed by atoms with Gasteiger partial charge in [-0.05, 0) is 31.2 Å². The molecule has 0 atom stereocenters. The van der Waals surface area contributed by atoms with E-state index in [0.717, 1.165) is 21.7 Å². The number of hydrogen-bond donors (Lipinski definition) is 2. The highest BCUT2D eigenvalue weighted by atomic mass is 32.2. The Bertz CT molecular complexity index is 1290. The summed E-state index contributed by atoms with van der Waals surface area (Å²) in [6.45, 7) is 2.04. The Morgan fingerprint density at radius 3 is 2.32 bits per heavy atom. The molecular formula is C25H23N5O2S2. The molecule has 4 rings (SSSR count). The molecule has 3 N–H and O–H groups in total. The lowest BCUT2D eigenvalue weighted by Gasteiger charge is -2.12. The number of aryl methyl sites for hydroxylation is 1. The Kier molecular flexibility index (Phi) is 7.66. The van der Waals surface area contributed by atoms with Crippen LogP contribution >= 0.6 is 23.5 Å². The quantitative estimate of drug-likeness (QED) is 0.334. The predicted molar refractivity (Wildman–Crippen MR) is 137 cm³/mol. The van der Waals surface area contributed by atoms with Crippen molar-refractivity contribution in [1.82, 2.24) is 14.8 Å². The molecule has 0 aliphatic heterocycles. The van der Waals surface area contributed by atoms with Gasteiger partial charge in [0, 0.05) is 16.1 Å². The highest BCUT2D eigenvalue weighted by Gasteiger charge is 2.17. The monoisotopic (exact) mass is 489 g/mol. The van der Waals surface area contributed by atoms with Crippen molar-refractivity contribution < 1.29 is 9.59 Å². The summed E-state index contributed by atoms with van der Waals surface area (Å²) in [7, 11) is 0. The number of carbonyl (C=O) groups is 2. The largest absolute Gasteiger partial charge is 0.369 e. The smallest absolute Gasteiger partial charge is 0.234 e. The van der Waals surface area contributed by atoms with Crippen molar-refractivity contribution in [2.24, 2.45) is 5.73 Å². The van der Waals surface area contributed by atoms with Gasteiger partial charge in [-0.15, -0.1) is 22.0 Å². The van der Waals surface area contributed by atoms with Gasteiger partial charge in [0.05, 0.1) is 17.2 Å². The zero-order chi connectivity index (χ0) is 23.9. The molecule has 0 aliphatic carbocycles. The number of para-hydroxylation sites is 1. The van der Waals surface area contributed by atoms with Crippen LogP contribution in [-0.4, -0.2) is 38.1 Å². The number of hydrogen-bond acceptors (Lipinski definition) is 6. The molecule has 1 aromatic heterocycles. The Morgan fingerprint density at radius 2 is 1.59 bits per heavy atom. The van der Waals surface area contributed by atoms with Crippen molar-refractivity contribution in [2.75, 3.05) is 16.8 Å². The van der Waals surface area contributed by atoms with Crippen LogP contribution in [0.2, 0.25) is 0 Å². The molecule has 172 valence electrons. The Balaban J connectivity index is 1.53. The normalized spacial score (nSPS) is 10.7. The number of carbonyl (C=O) groups excluding carboxylic acids is 2. The fraction of sp³-hybridized carbons (Fsp3) is 0.120. The summed E-state index contributed by atoms with van der Waals surface area (Å²) >= 11 is 2.60. The average Bonchev–Trinajstić information content (AvgIpc) is 3.27. The molecule has 3 aromatic carbocycles. The van der Waals surface area contributed by atoms with E-state index in [2.05, 4.69) is 15.5 Å². The van der Waals surface area contributed by atoms with E-state index in [9.17, 15) is 9.59 Å². The fourth-order valence-electron chi connectivity index (χ4n) is 3.23. The molecule has 9 heteroatoms. The van der Waals surface area contributed by atoms with Crippen molar-refractivity contribution in [3.63, 3.8) is 0 Å². The topological polar surface area (TPSA) is 103 Å². The maximum absolute atomic E-state index is 12.8. The lowest BCUT2D eigenvalue weighted by Crippen LogP contribution is -2.16. The average molecular weight is 490 g/mol. The molecule has 4 aromatic rings. The van der Waals surface area contributed by atoms with Crippen LogP contribution in [0, 0.1) is 6.92 Å². The summed E-state index contributed by atoms with van der Waals surface area (Å²) in [5.41, 5.74) is 8.91. The third-order valence-corrected chi connectivity index (χ3v) is 6.85. The van der Waals surface area contributed by atoms with Gasteiger partial charge in [0.25, 0.3) is 0 Å². The summed E-state index contributed by atoms with van der Waals surface area (Å²) in [5.74, 6) is 0.403. The van der Waals surface area contributed by atoms with Gasteiger partial charge < -0.3 is 11.1 Å². The Hall–Kier alpha value is -3.56. The lowest BCUT2D eigenvalue weighted by atomic mass is 10.2. The number of nitrogens with two attached hydrogens (primary N) is 1. The van der Waals surface area contributed by atoms with Crippen LogP contribution in [0.4, 0.5) is 5.69 Å². The summed E-state index contributed by atoms with van der Waals surface area (Å²) < 4.78 is 1.96. The first-order valence-corrected chi connectivity index (χ1v) is 12.5. The third-order valence-electron chi connectivity index (χ3n) is 4.82. The van der Waals surface area contributed by atoms with E-state index in [4.69, 9.17) is 5.73 Å². The van der Waals surface area contributed by atoms with Gasteiger partial charge in [0.1, 0.15) is 0 Å². The standard InChI is InChI=1S/C25H23N5O2S2/c1-17-11-13-19(14-12-17)30-24(18-7-3-2-4-8-18)28-29-25(30)34-16-23(32)27-20-9-5-6-10-21(20)33-15-22(26)31/h2-14H,15-16H2,1H3,(H2,26,31)(H,27,32). The fourth-order valence-corrected chi connectivity index (χ4v) is 4.72. The van der Waals surface area contributed by atoms with Crippen LogP contribution in [0.25, 0.3) is 17.1 Å². The first-order chi connectivity index (χ1) is 16.5. The molecule has 0 aliphatic rings. The molecule has 0 spiro atoms. The van der Waals surface area contributed by atoms with Gasteiger partial charge in [0.2, 0.25) is 11.8 Å². The minimum absolute atomic E-state index is 0.142. The summed E-state index contributed by atoms with van der Waals surface area (Å²) in [6.07, 6.45) is 0. The van der Waals surface area contributed by atoms with Crippen molar-refractivity contribution >= 4 is 41.0 Å². The van der Waals surface area contributed by atoms with E-state index in [-0.39, 0.29) is 17.4 Å². The third kappa shape index (κ3) is 5.86. The van der Waals surface area contributed by atoms with E-state index >= 15 is 0 Å². The Labute approximate surface area is 206 Å². The van der Waals surface area contributed by atoms with E-state index < -0.39 is 5.91 Å². The van der Waals surface area contributed by atoms with Crippen molar-refractivity contribution in [2.45, 2.75) is 17.0 Å². The van der Waals surface area contributed by atoms with Crippen molar-refractivity contribution in [3.05, 3.63) is 84.4 Å². The van der Waals surface area contributed by atoms with Gasteiger partial charge in [-0.3, -0.25) is 14.2 Å². The second kappa shape index (κ2) is 11.0. The second-order valence-electron chi connectivity index (χ2n) is 7.43. The van der Waals surface area contributed by atoms with Gasteiger partial charge in [0.15, 0.2) is 11.0 Å². The minimum Gasteiger partial charge on any atom is -0.369 e. The molecule has 0 fully saturated rings. The summed E-state index contributed by atoms with van der Waals surface area (Å²) in [5, 5.41) is 12.3. The minimum atomic E-state index is -0.411. The molecule has 34 heavy (non-hydrogen) atoms. The number of thioether (sulfide) groups is 2. The van der Waals surface area contributed by atoms with E-state index in [0.29, 0.717) is 16.7 Å². The number of nitrogens with one attached hydrogen (secondary N) is 1. The number of benzene rings is 3. The van der Waals surface area contributed by atoms with Gasteiger partial charge in [-0.25, -0.2) is 0 Å². The van der Waals surface area contributed by atoms with Crippen molar-refractivity contribution in [1.29, 1.82) is 0 Å². The van der Waals surface area contributed by atoms with Crippen molar-refractivity contribution in [3.8, 4) is 17.1 Å². The molecule has 0 unspecified atom stereocenters. The number of aromatic nitrogens is 3. The van der Waals surface area contributed by atoms with Crippen LogP contribution in [0.3, 0.4) is 0 Å². The zero-order valence-corrected chi connectivity index (χ0v) is 20.1.